The van der Waals surface area contributed by atoms with E-state index in [1.165, 1.54) is 42.4 Å². The van der Waals surface area contributed by atoms with Crippen LogP contribution in [0.1, 0.15) is 29.5 Å². The van der Waals surface area contributed by atoms with Gasteiger partial charge in [0.1, 0.15) is 0 Å². The summed E-state index contributed by atoms with van der Waals surface area (Å²) in [5.41, 5.74) is 4.23. The van der Waals surface area contributed by atoms with E-state index in [1.807, 2.05) is 0 Å². The van der Waals surface area contributed by atoms with E-state index >= 15 is 0 Å². The van der Waals surface area contributed by atoms with Gasteiger partial charge >= 0.3 is 0 Å². The summed E-state index contributed by atoms with van der Waals surface area (Å²) in [6, 6.07) is 6.59. The Morgan fingerprint density at radius 2 is 1.83 bits per heavy atom. The average molecular weight is 176 g/mol. The Labute approximate surface area is 78.6 Å². The first kappa shape index (κ1) is 7.93. The van der Waals surface area contributed by atoms with Crippen molar-refractivity contribution in [2.24, 2.45) is 0 Å². The maximum atomic E-state index is 4.90. The summed E-state index contributed by atoms with van der Waals surface area (Å²) >= 11 is 4.90. The molecule has 0 heterocycles. The van der Waals surface area contributed by atoms with Crippen LogP contribution < -0.4 is 0 Å². The van der Waals surface area contributed by atoms with Crippen molar-refractivity contribution in [3.05, 3.63) is 34.9 Å². The summed E-state index contributed by atoms with van der Waals surface area (Å²) in [6.45, 7) is 0. The van der Waals surface area contributed by atoms with E-state index in [2.05, 4.69) is 18.2 Å². The fourth-order valence-electron chi connectivity index (χ4n) is 1.83. The third-order valence-electron chi connectivity index (χ3n) is 2.51. The summed E-state index contributed by atoms with van der Waals surface area (Å²) in [6.07, 6.45) is 5.19. The summed E-state index contributed by atoms with van der Waals surface area (Å²) in [5, 5.41) is 1.76. The largest absolute Gasteiger partial charge is 0.0881 e. The predicted octanol–water partition coefficient (Wildman–Crippen LogP) is 2.91. The molecule has 1 aromatic carbocycles. The summed E-state index contributed by atoms with van der Waals surface area (Å²) < 4.78 is 0. The standard InChI is InChI=1S/C11H12S/c12-8-9-5-6-10-3-1-2-4-11(10)7-9/h5-8H,1-4H2. The lowest BCUT2D eigenvalue weighted by Crippen LogP contribution is -2.02. The molecule has 0 aromatic heterocycles. The van der Waals surface area contributed by atoms with Gasteiger partial charge in [0.15, 0.2) is 0 Å². The highest BCUT2D eigenvalue weighted by molar-refractivity contribution is 7.79. The highest BCUT2D eigenvalue weighted by atomic mass is 32.1. The Morgan fingerprint density at radius 1 is 1.08 bits per heavy atom. The molecule has 1 aromatic rings. The minimum atomic E-state index is 1.19. The zero-order valence-corrected chi connectivity index (χ0v) is 7.86. The van der Waals surface area contributed by atoms with Crippen molar-refractivity contribution in [2.75, 3.05) is 0 Å². The molecule has 1 heteroatoms. The number of aryl methyl sites for hydroxylation is 2. The Morgan fingerprint density at radius 3 is 2.58 bits per heavy atom. The lowest BCUT2D eigenvalue weighted by molar-refractivity contribution is 0.685. The molecule has 0 unspecified atom stereocenters. The Kier molecular flexibility index (Phi) is 2.22. The fourth-order valence-corrected chi connectivity index (χ4v) is 1.97. The highest BCUT2D eigenvalue weighted by Crippen LogP contribution is 2.21. The third-order valence-corrected chi connectivity index (χ3v) is 2.78. The number of benzene rings is 1. The molecule has 0 amide bonds. The monoisotopic (exact) mass is 176 g/mol. The van der Waals surface area contributed by atoms with E-state index in [0.717, 1.165) is 0 Å². The van der Waals surface area contributed by atoms with Crippen LogP contribution in [0.3, 0.4) is 0 Å². The van der Waals surface area contributed by atoms with Crippen molar-refractivity contribution in [1.82, 2.24) is 0 Å². The Hall–Kier alpha value is -0.690. The molecule has 0 atom stereocenters. The van der Waals surface area contributed by atoms with Gasteiger partial charge in [-0.1, -0.05) is 30.4 Å². The van der Waals surface area contributed by atoms with Gasteiger partial charge in [0, 0.05) is 5.37 Å². The number of fused-ring (bicyclic) bond motifs is 1. The van der Waals surface area contributed by atoms with Crippen LogP contribution in [0.4, 0.5) is 0 Å². The molecule has 0 fully saturated rings. The Bertz CT molecular complexity index is 302. The van der Waals surface area contributed by atoms with Gasteiger partial charge in [-0.15, -0.1) is 0 Å². The smallest absolute Gasteiger partial charge is 0.00862 e. The minimum Gasteiger partial charge on any atom is -0.0881 e. The molecule has 62 valence electrons. The van der Waals surface area contributed by atoms with Gasteiger partial charge in [0.2, 0.25) is 0 Å². The number of thiocarbonyl (C=S) groups is 1. The van der Waals surface area contributed by atoms with E-state index in [9.17, 15) is 0 Å². The minimum absolute atomic E-state index is 1.19. The predicted molar refractivity (Wildman–Crippen MR) is 55.8 cm³/mol. The van der Waals surface area contributed by atoms with Crippen LogP contribution in [-0.2, 0) is 12.8 Å². The molecular weight excluding hydrogens is 164 g/mol. The first-order chi connectivity index (χ1) is 5.90. The highest BCUT2D eigenvalue weighted by Gasteiger charge is 2.08. The summed E-state index contributed by atoms with van der Waals surface area (Å²) in [5.74, 6) is 0. The molecule has 0 bridgehead atoms. The topological polar surface area (TPSA) is 0 Å². The summed E-state index contributed by atoms with van der Waals surface area (Å²) in [4.78, 5) is 0. The van der Waals surface area contributed by atoms with Gasteiger partial charge in [0.05, 0.1) is 0 Å². The van der Waals surface area contributed by atoms with Gasteiger partial charge in [0.25, 0.3) is 0 Å². The van der Waals surface area contributed by atoms with E-state index in [0.29, 0.717) is 0 Å². The number of rotatable bonds is 1. The van der Waals surface area contributed by atoms with E-state index in [1.54, 1.807) is 5.37 Å². The van der Waals surface area contributed by atoms with Crippen molar-refractivity contribution >= 4 is 17.6 Å². The second kappa shape index (κ2) is 3.36. The van der Waals surface area contributed by atoms with Crippen LogP contribution in [0.5, 0.6) is 0 Å². The van der Waals surface area contributed by atoms with Gasteiger partial charge in [-0.2, -0.15) is 0 Å². The van der Waals surface area contributed by atoms with Crippen molar-refractivity contribution in [1.29, 1.82) is 0 Å². The zero-order valence-electron chi connectivity index (χ0n) is 7.05. The van der Waals surface area contributed by atoms with Gasteiger partial charge in [-0.3, -0.25) is 0 Å². The molecule has 1 aliphatic carbocycles. The lowest BCUT2D eigenvalue weighted by Gasteiger charge is -2.15. The zero-order chi connectivity index (χ0) is 8.39. The van der Waals surface area contributed by atoms with Crippen molar-refractivity contribution in [3.8, 4) is 0 Å². The first-order valence-corrected chi connectivity index (χ1v) is 4.94. The van der Waals surface area contributed by atoms with Crippen LogP contribution in [0, 0.1) is 0 Å². The van der Waals surface area contributed by atoms with Gasteiger partial charge in [-0.05, 0) is 42.4 Å². The average Bonchev–Trinajstić information content (AvgIpc) is 2.17. The first-order valence-electron chi connectivity index (χ1n) is 4.47. The maximum Gasteiger partial charge on any atom is 0.00862 e. The molecule has 2 rings (SSSR count). The molecular formula is C11H12S. The molecule has 0 saturated heterocycles. The summed E-state index contributed by atoms with van der Waals surface area (Å²) in [7, 11) is 0. The van der Waals surface area contributed by atoms with E-state index in [4.69, 9.17) is 12.2 Å². The quantitative estimate of drug-likeness (QED) is 0.593. The van der Waals surface area contributed by atoms with Gasteiger partial charge in [-0.25, -0.2) is 0 Å². The Balaban J connectivity index is 2.42. The normalized spacial score (nSPS) is 15.3. The molecule has 12 heavy (non-hydrogen) atoms. The van der Waals surface area contributed by atoms with E-state index < -0.39 is 0 Å². The molecule has 0 radical (unpaired) electrons. The van der Waals surface area contributed by atoms with Crippen LogP contribution in [0.25, 0.3) is 0 Å². The van der Waals surface area contributed by atoms with Crippen LogP contribution in [0.2, 0.25) is 0 Å². The van der Waals surface area contributed by atoms with Crippen LogP contribution in [0.15, 0.2) is 18.2 Å². The maximum absolute atomic E-state index is 4.90. The third kappa shape index (κ3) is 1.42. The molecule has 1 aliphatic rings. The fraction of sp³-hybridized carbons (Fsp3) is 0.364. The molecule has 0 spiro atoms. The molecule has 0 nitrogen and oxygen atoms in total. The van der Waals surface area contributed by atoms with Gasteiger partial charge < -0.3 is 0 Å². The van der Waals surface area contributed by atoms with Crippen molar-refractivity contribution in [3.63, 3.8) is 0 Å². The molecule has 0 aliphatic heterocycles. The molecule has 0 saturated carbocycles. The molecule has 0 N–H and O–H groups in total. The number of hydrogen-bond acceptors (Lipinski definition) is 1. The SMILES string of the molecule is S=Cc1ccc2c(c1)CCCC2. The van der Waals surface area contributed by atoms with Crippen molar-refractivity contribution in [2.45, 2.75) is 25.7 Å². The van der Waals surface area contributed by atoms with Crippen LogP contribution >= 0.6 is 12.2 Å². The number of hydrogen-bond donors (Lipinski definition) is 0. The van der Waals surface area contributed by atoms with E-state index in [-0.39, 0.29) is 0 Å². The van der Waals surface area contributed by atoms with Crippen LogP contribution in [-0.4, -0.2) is 5.37 Å². The van der Waals surface area contributed by atoms with Crippen molar-refractivity contribution < 1.29 is 0 Å². The second-order valence-electron chi connectivity index (χ2n) is 3.35. The second-order valence-corrected chi connectivity index (χ2v) is 3.59. The lowest BCUT2D eigenvalue weighted by atomic mass is 9.91.